The summed E-state index contributed by atoms with van der Waals surface area (Å²) in [6, 6.07) is 5.84. The van der Waals surface area contributed by atoms with E-state index in [-0.39, 0.29) is 6.61 Å². The number of methoxy groups -OCH3 is 1. The molecule has 0 aliphatic heterocycles. The first kappa shape index (κ1) is 9.83. The number of fused-ring (bicyclic) bond motifs is 1. The summed E-state index contributed by atoms with van der Waals surface area (Å²) in [6.45, 7) is 0.00966. The number of hydrogen-bond acceptors (Lipinski definition) is 4. The first-order chi connectivity index (χ1) is 6.77. The molecule has 0 amide bonds. The van der Waals surface area contributed by atoms with Gasteiger partial charge in [0.2, 0.25) is 0 Å². The van der Waals surface area contributed by atoms with E-state index in [0.29, 0.717) is 0 Å². The lowest BCUT2D eigenvalue weighted by Crippen LogP contribution is -1.85. The van der Waals surface area contributed by atoms with Crippen LogP contribution < -0.4 is 4.74 Å². The number of thiophene rings is 1. The average molecular weight is 226 g/mol. The van der Waals surface area contributed by atoms with E-state index >= 15 is 0 Å². The standard InChI is InChI=1S/C10H10O2S2/c1-12-9-6-3-2-4-7(13)10(6)14-8(9)5-11/h2-4,11,13H,5H2,1H3. The summed E-state index contributed by atoms with van der Waals surface area (Å²) < 4.78 is 6.33. The zero-order chi connectivity index (χ0) is 10.1. The lowest BCUT2D eigenvalue weighted by molar-refractivity contribution is 0.278. The van der Waals surface area contributed by atoms with Crippen LogP contribution in [0.25, 0.3) is 10.1 Å². The number of aliphatic hydroxyl groups excluding tert-OH is 1. The molecule has 0 saturated carbocycles. The summed E-state index contributed by atoms with van der Waals surface area (Å²) in [5, 5.41) is 10.2. The van der Waals surface area contributed by atoms with Crippen LogP contribution >= 0.6 is 24.0 Å². The lowest BCUT2D eigenvalue weighted by Gasteiger charge is -1.99. The molecule has 0 fully saturated rings. The Morgan fingerprint density at radius 1 is 1.50 bits per heavy atom. The van der Waals surface area contributed by atoms with E-state index in [1.165, 1.54) is 11.3 Å². The number of aliphatic hydroxyl groups is 1. The summed E-state index contributed by atoms with van der Waals surface area (Å²) in [5.74, 6) is 0.767. The molecule has 0 unspecified atom stereocenters. The van der Waals surface area contributed by atoms with Crippen molar-refractivity contribution in [3.05, 3.63) is 23.1 Å². The summed E-state index contributed by atoms with van der Waals surface area (Å²) in [6.07, 6.45) is 0. The summed E-state index contributed by atoms with van der Waals surface area (Å²) >= 11 is 5.89. The zero-order valence-corrected chi connectivity index (χ0v) is 9.36. The highest BCUT2D eigenvalue weighted by atomic mass is 32.1. The van der Waals surface area contributed by atoms with Crippen molar-refractivity contribution in [1.82, 2.24) is 0 Å². The number of rotatable bonds is 2. The molecule has 1 aromatic heterocycles. The molecule has 2 nitrogen and oxygen atoms in total. The van der Waals surface area contributed by atoms with E-state index in [1.807, 2.05) is 18.2 Å². The topological polar surface area (TPSA) is 29.5 Å². The van der Waals surface area contributed by atoms with E-state index in [0.717, 1.165) is 25.6 Å². The third kappa shape index (κ3) is 1.39. The van der Waals surface area contributed by atoms with Crippen LogP contribution in [0.4, 0.5) is 0 Å². The molecule has 0 atom stereocenters. The maximum absolute atomic E-state index is 9.15. The molecule has 0 spiro atoms. The highest BCUT2D eigenvalue weighted by molar-refractivity contribution is 7.80. The second-order valence-corrected chi connectivity index (χ2v) is 4.46. The van der Waals surface area contributed by atoms with Crippen LogP contribution in [0, 0.1) is 0 Å². The van der Waals surface area contributed by atoms with Gasteiger partial charge in [-0.15, -0.1) is 24.0 Å². The van der Waals surface area contributed by atoms with E-state index < -0.39 is 0 Å². The van der Waals surface area contributed by atoms with Gasteiger partial charge in [-0.1, -0.05) is 6.07 Å². The third-order valence-corrected chi connectivity index (χ3v) is 3.79. The van der Waals surface area contributed by atoms with Gasteiger partial charge in [-0.05, 0) is 12.1 Å². The minimum Gasteiger partial charge on any atom is -0.495 e. The molecule has 2 aromatic rings. The van der Waals surface area contributed by atoms with Gasteiger partial charge in [0.05, 0.1) is 23.3 Å². The quantitative estimate of drug-likeness (QED) is 0.771. The SMILES string of the molecule is COc1c(CO)sc2c(S)cccc12. The molecule has 14 heavy (non-hydrogen) atoms. The largest absolute Gasteiger partial charge is 0.495 e. The number of hydrogen-bond donors (Lipinski definition) is 2. The van der Waals surface area contributed by atoms with Crippen molar-refractivity contribution in [2.45, 2.75) is 11.5 Å². The monoisotopic (exact) mass is 226 g/mol. The number of benzene rings is 1. The van der Waals surface area contributed by atoms with Crippen LogP contribution in [0.1, 0.15) is 4.88 Å². The van der Waals surface area contributed by atoms with Crippen LogP contribution in [0.15, 0.2) is 23.1 Å². The lowest BCUT2D eigenvalue weighted by atomic mass is 10.2. The Morgan fingerprint density at radius 3 is 2.93 bits per heavy atom. The summed E-state index contributed by atoms with van der Waals surface area (Å²) in [5.41, 5.74) is 0. The van der Waals surface area contributed by atoms with Gasteiger partial charge < -0.3 is 9.84 Å². The van der Waals surface area contributed by atoms with Crippen LogP contribution in [0.2, 0.25) is 0 Å². The Balaban J connectivity index is 2.79. The van der Waals surface area contributed by atoms with Gasteiger partial charge in [0.1, 0.15) is 5.75 Å². The molecule has 4 heteroatoms. The van der Waals surface area contributed by atoms with Crippen molar-refractivity contribution in [2.75, 3.05) is 7.11 Å². The van der Waals surface area contributed by atoms with Crippen molar-refractivity contribution >= 4 is 34.1 Å². The summed E-state index contributed by atoms with van der Waals surface area (Å²) in [7, 11) is 1.62. The second kappa shape index (κ2) is 3.81. The molecule has 1 heterocycles. The van der Waals surface area contributed by atoms with Gasteiger partial charge in [-0.3, -0.25) is 0 Å². The molecular formula is C10H10O2S2. The van der Waals surface area contributed by atoms with Gasteiger partial charge in [0.25, 0.3) is 0 Å². The van der Waals surface area contributed by atoms with Gasteiger partial charge in [-0.2, -0.15) is 0 Å². The van der Waals surface area contributed by atoms with Gasteiger partial charge in [-0.25, -0.2) is 0 Å². The highest BCUT2D eigenvalue weighted by Crippen LogP contribution is 2.40. The molecular weight excluding hydrogens is 216 g/mol. The molecule has 1 aromatic carbocycles. The van der Waals surface area contributed by atoms with Crippen molar-refractivity contribution < 1.29 is 9.84 Å². The predicted molar refractivity (Wildman–Crippen MR) is 61.6 cm³/mol. The summed E-state index contributed by atoms with van der Waals surface area (Å²) in [4.78, 5) is 1.77. The first-order valence-corrected chi connectivity index (χ1v) is 5.42. The third-order valence-electron chi connectivity index (χ3n) is 2.07. The fourth-order valence-electron chi connectivity index (χ4n) is 1.46. The minimum atomic E-state index is 0.00966. The normalized spacial score (nSPS) is 10.8. The van der Waals surface area contributed by atoms with Crippen LogP contribution in [-0.2, 0) is 6.61 Å². The molecule has 74 valence electrons. The van der Waals surface area contributed by atoms with Crippen molar-refractivity contribution in [3.8, 4) is 5.75 Å². The Kier molecular flexibility index (Phi) is 2.67. The van der Waals surface area contributed by atoms with Gasteiger partial charge >= 0.3 is 0 Å². The maximum atomic E-state index is 9.15. The Bertz CT molecular complexity index is 462. The smallest absolute Gasteiger partial charge is 0.142 e. The van der Waals surface area contributed by atoms with E-state index in [9.17, 15) is 0 Å². The van der Waals surface area contributed by atoms with Crippen molar-refractivity contribution in [1.29, 1.82) is 0 Å². The molecule has 0 bridgehead atoms. The van der Waals surface area contributed by atoms with Gasteiger partial charge in [0, 0.05) is 10.3 Å². The fraction of sp³-hybridized carbons (Fsp3) is 0.200. The highest BCUT2D eigenvalue weighted by Gasteiger charge is 2.12. The Labute approximate surface area is 91.5 Å². The Morgan fingerprint density at radius 2 is 2.29 bits per heavy atom. The van der Waals surface area contributed by atoms with Gasteiger partial charge in [0.15, 0.2) is 0 Å². The molecule has 0 aliphatic rings. The molecule has 0 aliphatic carbocycles. The molecule has 1 N–H and O–H groups in total. The van der Waals surface area contributed by atoms with E-state index in [1.54, 1.807) is 7.11 Å². The zero-order valence-electron chi connectivity index (χ0n) is 7.65. The van der Waals surface area contributed by atoms with Crippen LogP contribution in [0.3, 0.4) is 0 Å². The first-order valence-electron chi connectivity index (χ1n) is 4.16. The minimum absolute atomic E-state index is 0.00966. The van der Waals surface area contributed by atoms with Crippen LogP contribution in [0.5, 0.6) is 5.75 Å². The van der Waals surface area contributed by atoms with Crippen LogP contribution in [-0.4, -0.2) is 12.2 Å². The van der Waals surface area contributed by atoms with E-state index in [2.05, 4.69) is 12.6 Å². The molecule has 0 saturated heterocycles. The van der Waals surface area contributed by atoms with Crippen molar-refractivity contribution in [3.63, 3.8) is 0 Å². The second-order valence-electron chi connectivity index (χ2n) is 2.87. The molecule has 0 radical (unpaired) electrons. The number of thiol groups is 1. The average Bonchev–Trinajstić information content (AvgIpc) is 2.57. The Hall–Kier alpha value is -0.710. The fourth-order valence-corrected chi connectivity index (χ4v) is 2.84. The molecule has 2 rings (SSSR count). The maximum Gasteiger partial charge on any atom is 0.142 e. The van der Waals surface area contributed by atoms with Crippen molar-refractivity contribution in [2.24, 2.45) is 0 Å². The van der Waals surface area contributed by atoms with E-state index in [4.69, 9.17) is 9.84 Å². The predicted octanol–water partition coefficient (Wildman–Crippen LogP) is 2.69. The number of ether oxygens (including phenoxy) is 1.